The van der Waals surface area contributed by atoms with Crippen LogP contribution in [0.4, 0.5) is 0 Å². The molecule has 92 valence electrons. The number of rotatable bonds is 4. The predicted octanol–water partition coefficient (Wildman–Crippen LogP) is 2.03. The first kappa shape index (κ1) is 12.7. The second kappa shape index (κ2) is 5.76. The molecule has 3 nitrogen and oxygen atoms in total. The molecule has 0 bridgehead atoms. The molecule has 1 fully saturated rings. The molecule has 0 aromatic heterocycles. The number of likely N-dealkylation sites (tertiary alicyclic amines) is 1. The van der Waals surface area contributed by atoms with Crippen LogP contribution in [0.2, 0.25) is 5.02 Å². The lowest BCUT2D eigenvalue weighted by Crippen LogP contribution is -2.28. The minimum atomic E-state index is -0.483. The number of β-amino-alcohol motifs (C(OH)–C–C–N with tert-alkyl or cyclic N) is 1. The molecule has 0 saturated carbocycles. The average molecular weight is 272 g/mol. The molecule has 17 heavy (non-hydrogen) atoms. The molecule has 0 aliphatic carbocycles. The number of halogens is 1. The van der Waals surface area contributed by atoms with Gasteiger partial charge in [0.05, 0.1) is 12.5 Å². The lowest BCUT2D eigenvalue weighted by Gasteiger charge is -2.14. The van der Waals surface area contributed by atoms with E-state index < -0.39 is 6.10 Å². The number of benzene rings is 1. The van der Waals surface area contributed by atoms with Crippen molar-refractivity contribution in [1.29, 1.82) is 0 Å². The van der Waals surface area contributed by atoms with Crippen LogP contribution in [0.1, 0.15) is 6.42 Å². The van der Waals surface area contributed by atoms with Gasteiger partial charge in [0.2, 0.25) is 5.91 Å². The smallest absolute Gasteiger partial charge is 0.225 e. The number of hydrogen-bond donors (Lipinski definition) is 1. The SMILES string of the molecule is O=C1CC(O)CN1CCSc1ccc(Cl)cc1. The average Bonchev–Trinajstić information content (AvgIpc) is 2.60. The zero-order valence-electron chi connectivity index (χ0n) is 9.30. The third kappa shape index (κ3) is 3.63. The van der Waals surface area contributed by atoms with Gasteiger partial charge >= 0.3 is 0 Å². The molecule has 1 heterocycles. The van der Waals surface area contributed by atoms with E-state index in [4.69, 9.17) is 11.6 Å². The Morgan fingerprint density at radius 1 is 1.41 bits per heavy atom. The number of nitrogens with zero attached hydrogens (tertiary/aromatic N) is 1. The maximum atomic E-state index is 11.4. The molecule has 0 spiro atoms. The Kier molecular flexibility index (Phi) is 4.31. The van der Waals surface area contributed by atoms with Crippen molar-refractivity contribution in [2.24, 2.45) is 0 Å². The molecular weight excluding hydrogens is 258 g/mol. The zero-order chi connectivity index (χ0) is 12.3. The van der Waals surface area contributed by atoms with Crippen LogP contribution in [0.25, 0.3) is 0 Å². The molecule has 1 unspecified atom stereocenters. The minimum Gasteiger partial charge on any atom is -0.391 e. The molecule has 1 aromatic carbocycles. The van der Waals surface area contributed by atoms with Crippen molar-refractivity contribution in [2.75, 3.05) is 18.8 Å². The van der Waals surface area contributed by atoms with Crippen LogP contribution in [-0.4, -0.2) is 40.9 Å². The maximum Gasteiger partial charge on any atom is 0.225 e. The summed E-state index contributed by atoms with van der Waals surface area (Å²) in [6.07, 6.45) is -0.214. The van der Waals surface area contributed by atoms with Crippen LogP contribution in [0.5, 0.6) is 0 Å². The van der Waals surface area contributed by atoms with Gasteiger partial charge in [0, 0.05) is 28.8 Å². The van der Waals surface area contributed by atoms with Crippen LogP contribution < -0.4 is 0 Å². The number of aliphatic hydroxyl groups excluding tert-OH is 1. The van der Waals surface area contributed by atoms with E-state index >= 15 is 0 Å². The highest BCUT2D eigenvalue weighted by atomic mass is 35.5. The number of aliphatic hydroxyl groups is 1. The number of thioether (sulfide) groups is 1. The summed E-state index contributed by atoms with van der Waals surface area (Å²) in [5.41, 5.74) is 0. The summed E-state index contributed by atoms with van der Waals surface area (Å²) in [6, 6.07) is 7.64. The summed E-state index contributed by atoms with van der Waals surface area (Å²) in [5.74, 6) is 0.884. The number of hydrogen-bond acceptors (Lipinski definition) is 3. The van der Waals surface area contributed by atoms with Gasteiger partial charge < -0.3 is 10.0 Å². The lowest BCUT2D eigenvalue weighted by atomic mass is 10.3. The Labute approximate surface area is 110 Å². The Bertz CT molecular complexity index is 396. The molecular formula is C12H14ClNO2S. The molecule has 1 N–H and O–H groups in total. The lowest BCUT2D eigenvalue weighted by molar-refractivity contribution is -0.127. The first-order valence-corrected chi connectivity index (χ1v) is 6.86. The second-order valence-corrected chi connectivity index (χ2v) is 5.60. The van der Waals surface area contributed by atoms with Gasteiger partial charge in [0.15, 0.2) is 0 Å². The van der Waals surface area contributed by atoms with E-state index in [-0.39, 0.29) is 12.3 Å². The standard InChI is InChI=1S/C12H14ClNO2S/c13-9-1-3-11(4-2-9)17-6-5-14-8-10(15)7-12(14)16/h1-4,10,15H,5-8H2. The first-order chi connectivity index (χ1) is 8.15. The quantitative estimate of drug-likeness (QED) is 0.852. The zero-order valence-corrected chi connectivity index (χ0v) is 10.9. The van der Waals surface area contributed by atoms with Gasteiger partial charge in [-0.15, -0.1) is 11.8 Å². The van der Waals surface area contributed by atoms with Crippen molar-refractivity contribution in [3.8, 4) is 0 Å². The Morgan fingerprint density at radius 2 is 2.12 bits per heavy atom. The van der Waals surface area contributed by atoms with E-state index in [1.165, 1.54) is 0 Å². The predicted molar refractivity (Wildman–Crippen MR) is 69.4 cm³/mol. The summed E-state index contributed by atoms with van der Waals surface area (Å²) in [7, 11) is 0. The van der Waals surface area contributed by atoms with Gasteiger partial charge in [0.25, 0.3) is 0 Å². The normalized spacial score (nSPS) is 20.0. The third-order valence-electron chi connectivity index (χ3n) is 2.64. The highest BCUT2D eigenvalue weighted by molar-refractivity contribution is 7.99. The molecule has 1 aliphatic heterocycles. The van der Waals surface area contributed by atoms with Crippen molar-refractivity contribution in [2.45, 2.75) is 17.4 Å². The molecule has 1 aliphatic rings. The largest absolute Gasteiger partial charge is 0.391 e. The number of amides is 1. The Morgan fingerprint density at radius 3 is 2.71 bits per heavy atom. The van der Waals surface area contributed by atoms with E-state index in [1.807, 2.05) is 24.3 Å². The van der Waals surface area contributed by atoms with Gasteiger partial charge in [-0.1, -0.05) is 11.6 Å². The van der Waals surface area contributed by atoms with Crippen molar-refractivity contribution in [3.05, 3.63) is 29.3 Å². The van der Waals surface area contributed by atoms with E-state index in [1.54, 1.807) is 16.7 Å². The molecule has 1 atom stereocenters. The van der Waals surface area contributed by atoms with E-state index in [9.17, 15) is 9.90 Å². The number of carbonyl (C=O) groups is 1. The van der Waals surface area contributed by atoms with Gasteiger partial charge in [-0.05, 0) is 24.3 Å². The molecule has 2 rings (SSSR count). The van der Waals surface area contributed by atoms with E-state index in [0.717, 1.165) is 15.7 Å². The fourth-order valence-electron chi connectivity index (χ4n) is 1.77. The Balaban J connectivity index is 1.76. The van der Waals surface area contributed by atoms with Crippen molar-refractivity contribution >= 4 is 29.3 Å². The summed E-state index contributed by atoms with van der Waals surface area (Å²) in [4.78, 5) is 14.3. The third-order valence-corrected chi connectivity index (χ3v) is 3.88. The van der Waals surface area contributed by atoms with E-state index in [0.29, 0.717) is 13.1 Å². The Hall–Kier alpha value is -0.710. The minimum absolute atomic E-state index is 0.0502. The summed E-state index contributed by atoms with van der Waals surface area (Å²) >= 11 is 7.48. The second-order valence-electron chi connectivity index (χ2n) is 4.00. The van der Waals surface area contributed by atoms with Gasteiger partial charge in [-0.2, -0.15) is 0 Å². The molecule has 1 aromatic rings. The van der Waals surface area contributed by atoms with Gasteiger partial charge in [-0.3, -0.25) is 4.79 Å². The topological polar surface area (TPSA) is 40.5 Å². The highest BCUT2D eigenvalue weighted by Crippen LogP contribution is 2.21. The fraction of sp³-hybridized carbons (Fsp3) is 0.417. The fourth-order valence-corrected chi connectivity index (χ4v) is 2.77. The van der Waals surface area contributed by atoms with Crippen molar-refractivity contribution < 1.29 is 9.90 Å². The van der Waals surface area contributed by atoms with Crippen LogP contribution >= 0.6 is 23.4 Å². The summed E-state index contributed by atoms with van der Waals surface area (Å²) in [5, 5.41) is 10.1. The summed E-state index contributed by atoms with van der Waals surface area (Å²) in [6.45, 7) is 1.16. The van der Waals surface area contributed by atoms with Crippen LogP contribution in [0.15, 0.2) is 29.2 Å². The molecule has 5 heteroatoms. The molecule has 1 amide bonds. The highest BCUT2D eigenvalue weighted by Gasteiger charge is 2.27. The van der Waals surface area contributed by atoms with Crippen LogP contribution in [0.3, 0.4) is 0 Å². The van der Waals surface area contributed by atoms with Crippen molar-refractivity contribution in [3.63, 3.8) is 0 Å². The molecule has 1 saturated heterocycles. The van der Waals surface area contributed by atoms with Gasteiger partial charge in [0.1, 0.15) is 0 Å². The van der Waals surface area contributed by atoms with Crippen LogP contribution in [-0.2, 0) is 4.79 Å². The first-order valence-electron chi connectivity index (χ1n) is 5.49. The molecule has 0 radical (unpaired) electrons. The van der Waals surface area contributed by atoms with Gasteiger partial charge in [-0.25, -0.2) is 0 Å². The monoisotopic (exact) mass is 271 g/mol. The number of carbonyl (C=O) groups excluding carboxylic acids is 1. The summed E-state index contributed by atoms with van der Waals surface area (Å²) < 4.78 is 0. The van der Waals surface area contributed by atoms with Crippen LogP contribution in [0, 0.1) is 0 Å². The van der Waals surface area contributed by atoms with E-state index in [2.05, 4.69) is 0 Å². The van der Waals surface area contributed by atoms with Crippen molar-refractivity contribution in [1.82, 2.24) is 4.90 Å². The maximum absolute atomic E-state index is 11.4.